The van der Waals surface area contributed by atoms with Crippen molar-refractivity contribution in [3.8, 4) is 0 Å². The van der Waals surface area contributed by atoms with Gasteiger partial charge < -0.3 is 11.1 Å². The minimum absolute atomic E-state index is 0. The number of hydrogen-bond donors (Lipinski definition) is 2. The lowest BCUT2D eigenvalue weighted by atomic mass is 10.1. The second kappa shape index (κ2) is 3.79. The molecule has 0 aliphatic carbocycles. The third-order valence-corrected chi connectivity index (χ3v) is 1.95. The van der Waals surface area contributed by atoms with Crippen molar-refractivity contribution >= 4 is 28.6 Å². The molecule has 0 unspecified atom stereocenters. The number of nitrogens with one attached hydrogen (secondary N) is 1. The summed E-state index contributed by atoms with van der Waals surface area (Å²) >= 11 is 0. The Morgan fingerprint density at radius 1 is 1.46 bits per heavy atom. The fraction of sp³-hybridized carbons (Fsp3) is 0.222. The van der Waals surface area contributed by atoms with Gasteiger partial charge in [0.25, 0.3) is 0 Å². The molecule has 0 bridgehead atoms. The standard InChI is InChI=1S/C9H11N3.BrH/c1-6-2-3-7-5-11-9(10)12-8(7)4-6;/h2-4H,5H2,1H3,(H3,10,11,12);1H. The summed E-state index contributed by atoms with van der Waals surface area (Å²) in [7, 11) is 0. The first kappa shape index (κ1) is 10.1. The summed E-state index contributed by atoms with van der Waals surface area (Å²) < 4.78 is 0. The van der Waals surface area contributed by atoms with Crippen molar-refractivity contribution in [2.24, 2.45) is 10.7 Å². The number of aliphatic imine (C=N–C) groups is 1. The lowest BCUT2D eigenvalue weighted by molar-refractivity contribution is 1.04. The average Bonchev–Trinajstić information content (AvgIpc) is 2.03. The molecule has 0 amide bonds. The number of fused-ring (bicyclic) bond motifs is 1. The first-order valence-corrected chi connectivity index (χ1v) is 3.92. The number of nitrogens with two attached hydrogens (primary N) is 1. The van der Waals surface area contributed by atoms with Crippen LogP contribution in [0.4, 0.5) is 5.69 Å². The van der Waals surface area contributed by atoms with Gasteiger partial charge in [-0.3, -0.25) is 0 Å². The van der Waals surface area contributed by atoms with Gasteiger partial charge >= 0.3 is 0 Å². The van der Waals surface area contributed by atoms with E-state index in [1.807, 2.05) is 0 Å². The molecule has 1 heterocycles. The normalized spacial score (nSPS) is 13.5. The zero-order valence-corrected chi connectivity index (χ0v) is 9.09. The SMILES string of the molecule is Br.Cc1ccc2c(c1)NC(N)=NC2. The lowest BCUT2D eigenvalue weighted by Gasteiger charge is -2.15. The third-order valence-electron chi connectivity index (χ3n) is 1.95. The minimum Gasteiger partial charge on any atom is -0.370 e. The van der Waals surface area contributed by atoms with Crippen molar-refractivity contribution in [3.63, 3.8) is 0 Å². The van der Waals surface area contributed by atoms with Crippen molar-refractivity contribution in [2.45, 2.75) is 13.5 Å². The number of halogens is 1. The fourth-order valence-electron chi connectivity index (χ4n) is 1.29. The number of benzene rings is 1. The van der Waals surface area contributed by atoms with E-state index >= 15 is 0 Å². The summed E-state index contributed by atoms with van der Waals surface area (Å²) in [6, 6.07) is 6.24. The Kier molecular flexibility index (Phi) is 2.93. The van der Waals surface area contributed by atoms with Crippen LogP contribution in [0.15, 0.2) is 23.2 Å². The quantitative estimate of drug-likeness (QED) is 0.728. The van der Waals surface area contributed by atoms with Crippen LogP contribution >= 0.6 is 17.0 Å². The Morgan fingerprint density at radius 3 is 3.00 bits per heavy atom. The van der Waals surface area contributed by atoms with Crippen LogP contribution in [0.1, 0.15) is 11.1 Å². The van der Waals surface area contributed by atoms with Crippen LogP contribution in [-0.2, 0) is 6.54 Å². The van der Waals surface area contributed by atoms with Gasteiger partial charge in [0, 0.05) is 5.69 Å². The summed E-state index contributed by atoms with van der Waals surface area (Å²) in [5.74, 6) is 0.508. The molecule has 70 valence electrons. The first-order chi connectivity index (χ1) is 5.75. The van der Waals surface area contributed by atoms with E-state index in [0.29, 0.717) is 12.5 Å². The van der Waals surface area contributed by atoms with Crippen molar-refractivity contribution in [1.82, 2.24) is 0 Å². The van der Waals surface area contributed by atoms with Gasteiger partial charge in [0.15, 0.2) is 5.96 Å². The smallest absolute Gasteiger partial charge is 0.193 e. The molecular formula is C9H12BrN3. The zero-order chi connectivity index (χ0) is 8.55. The van der Waals surface area contributed by atoms with E-state index in [9.17, 15) is 0 Å². The van der Waals surface area contributed by atoms with E-state index in [4.69, 9.17) is 5.73 Å². The topological polar surface area (TPSA) is 50.4 Å². The summed E-state index contributed by atoms with van der Waals surface area (Å²) in [6.07, 6.45) is 0. The van der Waals surface area contributed by atoms with Crippen molar-refractivity contribution in [2.75, 3.05) is 5.32 Å². The molecular weight excluding hydrogens is 230 g/mol. The number of aryl methyl sites for hydroxylation is 1. The van der Waals surface area contributed by atoms with Crippen LogP contribution in [0.5, 0.6) is 0 Å². The summed E-state index contributed by atoms with van der Waals surface area (Å²) in [4.78, 5) is 4.08. The number of anilines is 1. The summed E-state index contributed by atoms with van der Waals surface area (Å²) in [5, 5.41) is 3.03. The van der Waals surface area contributed by atoms with Crippen molar-refractivity contribution in [1.29, 1.82) is 0 Å². The molecule has 3 nitrogen and oxygen atoms in total. The van der Waals surface area contributed by atoms with Gasteiger partial charge in [0.05, 0.1) is 6.54 Å². The molecule has 0 atom stereocenters. The first-order valence-electron chi connectivity index (χ1n) is 3.92. The van der Waals surface area contributed by atoms with Gasteiger partial charge in [0.2, 0.25) is 0 Å². The molecule has 2 rings (SSSR count). The van der Waals surface area contributed by atoms with Gasteiger partial charge in [-0.2, -0.15) is 0 Å². The maximum Gasteiger partial charge on any atom is 0.193 e. The third kappa shape index (κ3) is 2.01. The van der Waals surface area contributed by atoms with Gasteiger partial charge in [-0.15, -0.1) is 17.0 Å². The van der Waals surface area contributed by atoms with Crippen LogP contribution in [0, 0.1) is 6.92 Å². The van der Waals surface area contributed by atoms with E-state index < -0.39 is 0 Å². The van der Waals surface area contributed by atoms with E-state index in [2.05, 4.69) is 35.4 Å². The highest BCUT2D eigenvalue weighted by atomic mass is 79.9. The minimum atomic E-state index is 0. The van der Waals surface area contributed by atoms with Gasteiger partial charge in [0.1, 0.15) is 0 Å². The van der Waals surface area contributed by atoms with E-state index in [1.54, 1.807) is 0 Å². The molecule has 0 saturated heterocycles. The van der Waals surface area contributed by atoms with E-state index in [0.717, 1.165) is 5.69 Å². The molecule has 1 aromatic rings. The highest BCUT2D eigenvalue weighted by Crippen LogP contribution is 2.20. The molecule has 1 aromatic carbocycles. The predicted molar refractivity (Wildman–Crippen MR) is 60.5 cm³/mol. The second-order valence-corrected chi connectivity index (χ2v) is 2.99. The van der Waals surface area contributed by atoms with Gasteiger partial charge in [-0.25, -0.2) is 4.99 Å². The van der Waals surface area contributed by atoms with Crippen LogP contribution in [0.3, 0.4) is 0 Å². The summed E-state index contributed by atoms with van der Waals surface area (Å²) in [5.41, 5.74) is 9.06. The molecule has 3 N–H and O–H groups in total. The van der Waals surface area contributed by atoms with Crippen molar-refractivity contribution < 1.29 is 0 Å². The van der Waals surface area contributed by atoms with E-state index in [1.165, 1.54) is 11.1 Å². The molecule has 0 aromatic heterocycles. The molecule has 1 aliphatic rings. The van der Waals surface area contributed by atoms with E-state index in [-0.39, 0.29) is 17.0 Å². The molecule has 0 spiro atoms. The number of guanidine groups is 1. The molecule has 0 saturated carbocycles. The Bertz CT molecular complexity index is 347. The maximum absolute atomic E-state index is 5.54. The van der Waals surface area contributed by atoms with Crippen LogP contribution in [-0.4, -0.2) is 5.96 Å². The van der Waals surface area contributed by atoms with Gasteiger partial charge in [-0.1, -0.05) is 12.1 Å². The molecule has 1 aliphatic heterocycles. The lowest BCUT2D eigenvalue weighted by Crippen LogP contribution is -2.26. The molecule has 4 heteroatoms. The maximum atomic E-state index is 5.54. The molecule has 0 radical (unpaired) electrons. The number of nitrogens with zero attached hydrogens (tertiary/aromatic N) is 1. The Hall–Kier alpha value is -1.03. The highest BCUT2D eigenvalue weighted by molar-refractivity contribution is 8.93. The Morgan fingerprint density at radius 2 is 2.23 bits per heavy atom. The number of hydrogen-bond acceptors (Lipinski definition) is 3. The zero-order valence-electron chi connectivity index (χ0n) is 7.37. The second-order valence-electron chi connectivity index (χ2n) is 2.99. The van der Waals surface area contributed by atoms with Crippen LogP contribution in [0.25, 0.3) is 0 Å². The van der Waals surface area contributed by atoms with Gasteiger partial charge in [-0.05, 0) is 24.1 Å². The average molecular weight is 242 g/mol. The molecule has 13 heavy (non-hydrogen) atoms. The van der Waals surface area contributed by atoms with Crippen LogP contribution < -0.4 is 11.1 Å². The van der Waals surface area contributed by atoms with Crippen molar-refractivity contribution in [3.05, 3.63) is 29.3 Å². The number of rotatable bonds is 0. The largest absolute Gasteiger partial charge is 0.370 e. The molecule has 0 fully saturated rings. The Labute approximate surface area is 87.8 Å². The monoisotopic (exact) mass is 241 g/mol. The predicted octanol–water partition coefficient (Wildman–Crippen LogP) is 1.81. The highest BCUT2D eigenvalue weighted by Gasteiger charge is 2.07. The summed E-state index contributed by atoms with van der Waals surface area (Å²) in [6.45, 7) is 2.75. The Balaban J connectivity index is 0.000000845. The van der Waals surface area contributed by atoms with Crippen LogP contribution in [0.2, 0.25) is 0 Å². The fourth-order valence-corrected chi connectivity index (χ4v) is 1.29.